The highest BCUT2D eigenvalue weighted by atomic mass is 127. The lowest BCUT2D eigenvalue weighted by atomic mass is 10.0. The van der Waals surface area contributed by atoms with Gasteiger partial charge in [0.1, 0.15) is 11.4 Å². The summed E-state index contributed by atoms with van der Waals surface area (Å²) >= 11 is 0. The molecular weight excluding hydrogens is 501 g/mol. The molecule has 31 heavy (non-hydrogen) atoms. The molecule has 5 nitrogen and oxygen atoms in total. The second-order valence-electron chi connectivity index (χ2n) is 10.1. The summed E-state index contributed by atoms with van der Waals surface area (Å²) in [5.41, 5.74) is 0.226. The zero-order chi connectivity index (χ0) is 22.4. The first-order valence-corrected chi connectivity index (χ1v) is 12.4. The Bertz CT molecular complexity index is 648. The van der Waals surface area contributed by atoms with Crippen LogP contribution in [0.2, 0.25) is 0 Å². The summed E-state index contributed by atoms with van der Waals surface area (Å²) < 4.78 is 0.820. The van der Waals surface area contributed by atoms with Crippen LogP contribution in [0.15, 0.2) is 9.59 Å². The van der Waals surface area contributed by atoms with Gasteiger partial charge in [0.25, 0.3) is 10.9 Å². The Morgan fingerprint density at radius 3 is 1.68 bits per heavy atom. The molecule has 0 saturated carbocycles. The maximum Gasteiger partial charge on any atom is 0.253 e. The normalized spacial score (nSPS) is 12.5. The molecule has 0 fully saturated rings. The fraction of sp³-hybridized carbons (Fsp3) is 0.840. The molecule has 6 heteroatoms. The predicted octanol–water partition coefficient (Wildman–Crippen LogP) is 2.30. The van der Waals surface area contributed by atoms with Gasteiger partial charge >= 0.3 is 0 Å². The molecule has 0 amide bonds. The maximum atomic E-state index is 11.9. The number of hydrogen-bond acceptors (Lipinski definition) is 4. The van der Waals surface area contributed by atoms with Crippen LogP contribution in [0.1, 0.15) is 97.3 Å². The van der Waals surface area contributed by atoms with Gasteiger partial charge < -0.3 is 39.1 Å². The van der Waals surface area contributed by atoms with Crippen molar-refractivity contribution < 1.29 is 28.5 Å². The predicted molar refractivity (Wildman–Crippen MR) is 132 cm³/mol. The second-order valence-corrected chi connectivity index (χ2v) is 10.1. The first kappa shape index (κ1) is 30.4. The number of likely N-dealkylation sites (N-methyl/N-ethyl adjacent to an activating group) is 1. The van der Waals surface area contributed by atoms with E-state index < -0.39 is 0 Å². The Balaban J connectivity index is 0.00000900. The lowest BCUT2D eigenvalue weighted by molar-refractivity contribution is -0.868. The molecule has 1 rings (SSSR count). The largest absolute Gasteiger partial charge is 1.00 e. The van der Waals surface area contributed by atoms with E-state index in [-0.39, 0.29) is 40.9 Å². The Labute approximate surface area is 208 Å². The van der Waals surface area contributed by atoms with Gasteiger partial charge in [-0.25, -0.2) is 0 Å². The summed E-state index contributed by atoms with van der Waals surface area (Å²) in [5, 5.41) is 6.43. The molecular formula is C25H48IN3O2. The zero-order valence-electron chi connectivity index (χ0n) is 20.8. The molecule has 1 unspecified atom stereocenters. The van der Waals surface area contributed by atoms with Crippen molar-refractivity contribution in [1.29, 1.82) is 0 Å². The van der Waals surface area contributed by atoms with Crippen LogP contribution in [0, 0.1) is 0 Å². The molecule has 0 heterocycles. The van der Waals surface area contributed by atoms with Crippen molar-refractivity contribution in [3.63, 3.8) is 0 Å². The van der Waals surface area contributed by atoms with Crippen molar-refractivity contribution in [2.24, 2.45) is 0 Å². The minimum Gasteiger partial charge on any atom is -1.00 e. The van der Waals surface area contributed by atoms with Gasteiger partial charge in [-0.05, 0) is 13.3 Å². The number of hydrogen-bond donors (Lipinski definition) is 2. The Kier molecular flexibility index (Phi) is 16.6. The topological polar surface area (TPSA) is 58.2 Å². The van der Waals surface area contributed by atoms with Gasteiger partial charge in [-0.3, -0.25) is 9.59 Å². The number of rotatable bonds is 19. The summed E-state index contributed by atoms with van der Waals surface area (Å²) in [6, 6.07) is 0.218. The number of halogens is 1. The average Bonchev–Trinajstić information content (AvgIpc) is 2.69. The fourth-order valence-corrected chi connectivity index (χ4v) is 3.82. The smallest absolute Gasteiger partial charge is 0.253 e. The first-order valence-electron chi connectivity index (χ1n) is 12.4. The molecule has 0 aliphatic carbocycles. The minimum atomic E-state index is -0.378. The van der Waals surface area contributed by atoms with Crippen molar-refractivity contribution in [3.8, 4) is 0 Å². The summed E-state index contributed by atoms with van der Waals surface area (Å²) in [6.45, 7) is 5.96. The van der Waals surface area contributed by atoms with E-state index in [9.17, 15) is 9.59 Å². The fourth-order valence-electron chi connectivity index (χ4n) is 3.82. The summed E-state index contributed by atoms with van der Waals surface area (Å²) in [4.78, 5) is 23.8. The molecule has 0 radical (unpaired) electrons. The van der Waals surface area contributed by atoms with Crippen molar-refractivity contribution in [1.82, 2.24) is 0 Å². The lowest BCUT2D eigenvalue weighted by Gasteiger charge is -2.25. The highest BCUT2D eigenvalue weighted by molar-refractivity contribution is 5.74. The van der Waals surface area contributed by atoms with Gasteiger partial charge in [0.2, 0.25) is 0 Å². The van der Waals surface area contributed by atoms with Crippen molar-refractivity contribution in [3.05, 3.63) is 20.4 Å². The third-order valence-corrected chi connectivity index (χ3v) is 5.88. The summed E-state index contributed by atoms with van der Waals surface area (Å²) in [6.07, 6.45) is 17.2. The second kappa shape index (κ2) is 16.9. The van der Waals surface area contributed by atoms with Gasteiger partial charge in [0.05, 0.1) is 34.2 Å². The third kappa shape index (κ3) is 13.5. The SMILES string of the molecule is CCCCCCCCCCCCCCC(C)Nc1c(NCC[N+](C)(C)C)c(=O)c1=O.[I-]. The van der Waals surface area contributed by atoms with Gasteiger partial charge in [0.15, 0.2) is 0 Å². The lowest BCUT2D eigenvalue weighted by Crippen LogP contribution is -3.00. The molecule has 1 atom stereocenters. The number of anilines is 2. The van der Waals surface area contributed by atoms with E-state index in [1.54, 1.807) is 0 Å². The van der Waals surface area contributed by atoms with Crippen molar-refractivity contribution >= 4 is 11.4 Å². The molecule has 182 valence electrons. The Morgan fingerprint density at radius 2 is 1.19 bits per heavy atom. The average molecular weight is 550 g/mol. The van der Waals surface area contributed by atoms with E-state index >= 15 is 0 Å². The highest BCUT2D eigenvalue weighted by Crippen LogP contribution is 2.18. The van der Waals surface area contributed by atoms with E-state index in [1.807, 2.05) is 0 Å². The molecule has 0 aliphatic heterocycles. The number of unbranched alkanes of at least 4 members (excludes halogenated alkanes) is 11. The molecule has 0 aromatic heterocycles. The number of nitrogens with one attached hydrogen (secondary N) is 2. The third-order valence-electron chi connectivity index (χ3n) is 5.88. The van der Waals surface area contributed by atoms with E-state index in [1.165, 1.54) is 77.0 Å². The van der Waals surface area contributed by atoms with Gasteiger partial charge in [0, 0.05) is 6.04 Å². The summed E-state index contributed by atoms with van der Waals surface area (Å²) in [7, 11) is 6.33. The molecule has 1 aromatic carbocycles. The standard InChI is InChI=1S/C25H47N3O2.HI/c1-6-7-8-9-10-11-12-13-14-15-16-17-18-21(2)27-23-22(24(29)25(23)30)26-19-20-28(3,4)5;/h21H,6-20H2,1-5H3,(H-,26,27,29,30);1H. The van der Waals surface area contributed by atoms with Crippen molar-refractivity contribution in [2.75, 3.05) is 44.9 Å². The van der Waals surface area contributed by atoms with Gasteiger partial charge in [-0.2, -0.15) is 0 Å². The quantitative estimate of drug-likeness (QED) is 0.120. The molecule has 0 saturated heterocycles. The van der Waals surface area contributed by atoms with Crippen LogP contribution in [-0.4, -0.2) is 44.8 Å². The van der Waals surface area contributed by atoms with E-state index in [0.717, 1.165) is 17.4 Å². The molecule has 1 aromatic rings. The number of quaternary nitrogens is 1. The van der Waals surface area contributed by atoms with Crippen LogP contribution in [0.25, 0.3) is 0 Å². The number of nitrogens with zero attached hydrogens (tertiary/aromatic N) is 1. The van der Waals surface area contributed by atoms with E-state index in [0.29, 0.717) is 17.9 Å². The van der Waals surface area contributed by atoms with Crippen LogP contribution in [0.3, 0.4) is 0 Å². The highest BCUT2D eigenvalue weighted by Gasteiger charge is 2.22. The monoisotopic (exact) mass is 549 g/mol. The van der Waals surface area contributed by atoms with Crippen LogP contribution in [0.5, 0.6) is 0 Å². The van der Waals surface area contributed by atoms with E-state index in [2.05, 4.69) is 45.6 Å². The Hall–Kier alpha value is -0.630. The van der Waals surface area contributed by atoms with Gasteiger partial charge in [-0.1, -0.05) is 84.0 Å². The van der Waals surface area contributed by atoms with Crippen LogP contribution < -0.4 is 45.5 Å². The van der Waals surface area contributed by atoms with Gasteiger partial charge in [-0.15, -0.1) is 0 Å². The van der Waals surface area contributed by atoms with Crippen LogP contribution in [-0.2, 0) is 0 Å². The zero-order valence-corrected chi connectivity index (χ0v) is 23.0. The molecule has 2 N–H and O–H groups in total. The minimum absolute atomic E-state index is 0. The Morgan fingerprint density at radius 1 is 0.742 bits per heavy atom. The van der Waals surface area contributed by atoms with Crippen LogP contribution >= 0.6 is 0 Å². The first-order chi connectivity index (χ1) is 14.3. The van der Waals surface area contributed by atoms with Crippen molar-refractivity contribution in [2.45, 2.75) is 103 Å². The van der Waals surface area contributed by atoms with E-state index in [4.69, 9.17) is 0 Å². The molecule has 0 aliphatic rings. The van der Waals surface area contributed by atoms with Crippen LogP contribution in [0.4, 0.5) is 11.4 Å². The molecule has 0 spiro atoms. The molecule has 0 bridgehead atoms. The summed E-state index contributed by atoms with van der Waals surface area (Å²) in [5.74, 6) is 0. The maximum absolute atomic E-state index is 11.9.